The Kier molecular flexibility index (Phi) is 5.80. The number of carbonyl (C=O) groups excluding carboxylic acids is 1. The third-order valence-corrected chi connectivity index (χ3v) is 4.48. The van der Waals surface area contributed by atoms with Gasteiger partial charge in [-0.3, -0.25) is 9.69 Å². The van der Waals surface area contributed by atoms with Gasteiger partial charge in [-0.05, 0) is 48.2 Å². The molecule has 2 heterocycles. The first-order valence-corrected chi connectivity index (χ1v) is 9.14. The number of amides is 1. The SMILES string of the molecule is CCCOc1cccc(C(=O)N(Cc2cccs2)c2ccccn2)c1. The average molecular weight is 352 g/mol. The predicted octanol–water partition coefficient (Wildman–Crippen LogP) is 4.78. The summed E-state index contributed by atoms with van der Waals surface area (Å²) in [7, 11) is 0. The highest BCUT2D eigenvalue weighted by Crippen LogP contribution is 2.22. The number of pyridine rings is 1. The van der Waals surface area contributed by atoms with Gasteiger partial charge in [0.25, 0.3) is 5.91 Å². The van der Waals surface area contributed by atoms with Crippen molar-refractivity contribution in [3.8, 4) is 5.75 Å². The smallest absolute Gasteiger partial charge is 0.259 e. The van der Waals surface area contributed by atoms with E-state index in [2.05, 4.69) is 11.9 Å². The molecule has 0 unspecified atom stereocenters. The number of aromatic nitrogens is 1. The van der Waals surface area contributed by atoms with E-state index < -0.39 is 0 Å². The van der Waals surface area contributed by atoms with E-state index in [0.717, 1.165) is 11.3 Å². The van der Waals surface area contributed by atoms with Crippen LogP contribution >= 0.6 is 11.3 Å². The lowest BCUT2D eigenvalue weighted by molar-refractivity contribution is 0.0984. The van der Waals surface area contributed by atoms with Gasteiger partial charge in [0.1, 0.15) is 11.6 Å². The number of thiophene rings is 1. The van der Waals surface area contributed by atoms with Gasteiger partial charge in [-0.1, -0.05) is 25.1 Å². The molecule has 0 N–H and O–H groups in total. The summed E-state index contributed by atoms with van der Waals surface area (Å²) in [5.41, 5.74) is 0.593. The van der Waals surface area contributed by atoms with Crippen molar-refractivity contribution in [2.45, 2.75) is 19.9 Å². The number of ether oxygens (including phenoxy) is 1. The van der Waals surface area contributed by atoms with Gasteiger partial charge in [0.2, 0.25) is 0 Å². The Morgan fingerprint density at radius 2 is 2.08 bits per heavy atom. The maximum absolute atomic E-state index is 13.1. The standard InChI is InChI=1S/C20H20N2O2S/c1-2-12-24-17-8-5-7-16(14-17)20(23)22(15-18-9-6-13-25-18)19-10-3-4-11-21-19/h3-11,13-14H,2,12,15H2,1H3. The highest BCUT2D eigenvalue weighted by Gasteiger charge is 2.20. The Hall–Kier alpha value is -2.66. The van der Waals surface area contributed by atoms with Crippen LogP contribution in [0.15, 0.2) is 66.2 Å². The normalized spacial score (nSPS) is 10.4. The first-order valence-electron chi connectivity index (χ1n) is 8.26. The highest BCUT2D eigenvalue weighted by atomic mass is 32.1. The first-order chi connectivity index (χ1) is 12.3. The molecule has 128 valence electrons. The molecule has 0 aliphatic rings. The minimum atomic E-state index is -0.0888. The van der Waals surface area contributed by atoms with Crippen LogP contribution < -0.4 is 9.64 Å². The van der Waals surface area contributed by atoms with E-state index in [4.69, 9.17) is 4.74 Å². The van der Waals surface area contributed by atoms with Crippen LogP contribution in [0.25, 0.3) is 0 Å². The second-order valence-corrected chi connectivity index (χ2v) is 6.57. The second-order valence-electron chi connectivity index (χ2n) is 5.53. The van der Waals surface area contributed by atoms with Gasteiger partial charge in [0.05, 0.1) is 13.2 Å². The van der Waals surface area contributed by atoms with E-state index in [1.54, 1.807) is 28.5 Å². The van der Waals surface area contributed by atoms with Gasteiger partial charge in [0, 0.05) is 16.6 Å². The molecule has 0 radical (unpaired) electrons. The molecule has 2 aromatic heterocycles. The Morgan fingerprint density at radius 3 is 2.80 bits per heavy atom. The van der Waals surface area contributed by atoms with E-state index in [1.165, 1.54) is 0 Å². The van der Waals surface area contributed by atoms with Crippen molar-refractivity contribution in [3.05, 3.63) is 76.6 Å². The maximum Gasteiger partial charge on any atom is 0.259 e. The van der Waals surface area contributed by atoms with E-state index in [-0.39, 0.29) is 5.91 Å². The molecule has 1 aromatic carbocycles. The van der Waals surface area contributed by atoms with Gasteiger partial charge in [-0.15, -0.1) is 11.3 Å². The van der Waals surface area contributed by atoms with Gasteiger partial charge >= 0.3 is 0 Å². The average Bonchev–Trinajstić information content (AvgIpc) is 3.18. The quantitative estimate of drug-likeness (QED) is 0.614. The lowest BCUT2D eigenvalue weighted by Gasteiger charge is -2.21. The zero-order valence-electron chi connectivity index (χ0n) is 14.1. The summed E-state index contributed by atoms with van der Waals surface area (Å²) in [5, 5.41) is 2.01. The summed E-state index contributed by atoms with van der Waals surface area (Å²) in [6.07, 6.45) is 2.63. The van der Waals surface area contributed by atoms with Crippen LogP contribution in [0.1, 0.15) is 28.6 Å². The molecule has 0 aliphatic heterocycles. The fourth-order valence-corrected chi connectivity index (χ4v) is 3.12. The van der Waals surface area contributed by atoms with E-state index in [1.807, 2.05) is 53.9 Å². The number of nitrogens with zero attached hydrogens (tertiary/aromatic N) is 2. The van der Waals surface area contributed by atoms with Gasteiger partial charge < -0.3 is 4.74 Å². The van der Waals surface area contributed by atoms with Crippen LogP contribution in [0.2, 0.25) is 0 Å². The van der Waals surface area contributed by atoms with Gasteiger partial charge in [-0.25, -0.2) is 4.98 Å². The number of rotatable bonds is 7. The minimum Gasteiger partial charge on any atom is -0.494 e. The largest absolute Gasteiger partial charge is 0.494 e. The number of benzene rings is 1. The number of hydrogen-bond acceptors (Lipinski definition) is 4. The van der Waals surface area contributed by atoms with Crippen molar-refractivity contribution < 1.29 is 9.53 Å². The summed E-state index contributed by atoms with van der Waals surface area (Å²) in [6.45, 7) is 3.18. The Labute approximate surface area is 151 Å². The van der Waals surface area contributed by atoms with Crippen molar-refractivity contribution in [1.29, 1.82) is 0 Å². The molecule has 3 rings (SSSR count). The molecule has 3 aromatic rings. The van der Waals surface area contributed by atoms with Crippen LogP contribution in [0, 0.1) is 0 Å². The fraction of sp³-hybridized carbons (Fsp3) is 0.200. The molecular weight excluding hydrogens is 332 g/mol. The van der Waals surface area contributed by atoms with E-state index in [0.29, 0.717) is 30.3 Å². The molecule has 0 saturated heterocycles. The molecular formula is C20H20N2O2S. The van der Waals surface area contributed by atoms with E-state index in [9.17, 15) is 4.79 Å². The van der Waals surface area contributed by atoms with Crippen molar-refractivity contribution in [2.75, 3.05) is 11.5 Å². The van der Waals surface area contributed by atoms with E-state index >= 15 is 0 Å². The summed E-state index contributed by atoms with van der Waals surface area (Å²) in [5.74, 6) is 1.26. The number of anilines is 1. The van der Waals surface area contributed by atoms with Crippen LogP contribution in [-0.4, -0.2) is 17.5 Å². The monoisotopic (exact) mass is 352 g/mol. The number of hydrogen-bond donors (Lipinski definition) is 0. The maximum atomic E-state index is 13.1. The van der Waals surface area contributed by atoms with Crippen LogP contribution in [-0.2, 0) is 6.54 Å². The number of carbonyl (C=O) groups is 1. The molecule has 4 nitrogen and oxygen atoms in total. The van der Waals surface area contributed by atoms with Crippen LogP contribution in [0.5, 0.6) is 5.75 Å². The summed E-state index contributed by atoms with van der Waals surface area (Å²) < 4.78 is 5.65. The molecule has 0 atom stereocenters. The topological polar surface area (TPSA) is 42.4 Å². The van der Waals surface area contributed by atoms with Crippen molar-refractivity contribution >= 4 is 23.1 Å². The summed E-state index contributed by atoms with van der Waals surface area (Å²) in [6, 6.07) is 16.9. The predicted molar refractivity (Wildman–Crippen MR) is 101 cm³/mol. The van der Waals surface area contributed by atoms with Gasteiger partial charge in [-0.2, -0.15) is 0 Å². The van der Waals surface area contributed by atoms with Crippen molar-refractivity contribution in [3.63, 3.8) is 0 Å². The van der Waals surface area contributed by atoms with Crippen molar-refractivity contribution in [1.82, 2.24) is 4.98 Å². The zero-order valence-corrected chi connectivity index (χ0v) is 14.9. The van der Waals surface area contributed by atoms with Crippen molar-refractivity contribution in [2.24, 2.45) is 0 Å². The Balaban J connectivity index is 1.88. The fourth-order valence-electron chi connectivity index (χ4n) is 2.42. The first kappa shape index (κ1) is 17.2. The van der Waals surface area contributed by atoms with Crippen LogP contribution in [0.4, 0.5) is 5.82 Å². The lowest BCUT2D eigenvalue weighted by Crippen LogP contribution is -2.30. The molecule has 0 saturated carbocycles. The lowest BCUT2D eigenvalue weighted by atomic mass is 10.2. The minimum absolute atomic E-state index is 0.0888. The third-order valence-electron chi connectivity index (χ3n) is 3.62. The molecule has 0 aliphatic carbocycles. The van der Waals surface area contributed by atoms with Gasteiger partial charge in [0.15, 0.2) is 0 Å². The summed E-state index contributed by atoms with van der Waals surface area (Å²) in [4.78, 5) is 20.3. The second kappa shape index (κ2) is 8.44. The summed E-state index contributed by atoms with van der Waals surface area (Å²) >= 11 is 1.63. The molecule has 25 heavy (non-hydrogen) atoms. The molecule has 0 fully saturated rings. The highest BCUT2D eigenvalue weighted by molar-refractivity contribution is 7.09. The molecule has 1 amide bonds. The Bertz CT molecular complexity index is 804. The molecule has 0 bridgehead atoms. The molecule has 0 spiro atoms. The molecule has 5 heteroatoms. The zero-order chi connectivity index (χ0) is 17.5. The Morgan fingerprint density at radius 1 is 1.16 bits per heavy atom. The third kappa shape index (κ3) is 4.45. The van der Waals surface area contributed by atoms with Crippen LogP contribution in [0.3, 0.4) is 0 Å².